The molecule has 4 heterocycles. The molecule has 0 saturated carbocycles. The minimum Gasteiger partial charge on any atom is -0.309 e. The number of pyridine rings is 1. The molecule has 0 aliphatic rings. The maximum Gasteiger partial charge on any atom is 0.0708 e. The molecule has 0 aliphatic carbocycles. The summed E-state index contributed by atoms with van der Waals surface area (Å²) in [6.07, 6.45) is 1.95. The number of hydrogen-bond donors (Lipinski definition) is 0. The summed E-state index contributed by atoms with van der Waals surface area (Å²) in [6.45, 7) is 0. The van der Waals surface area contributed by atoms with E-state index in [0.29, 0.717) is 0 Å². The standard InChI is InChI=1S/C41H24N2S2/c1-4-16-35-33(13-1)39-36(20-19-32-30-12-3-6-18-38(30)45-41(32)39)43(35)27-10-7-9-26(23-27)34-24-25(21-22-42-34)28-14-8-15-31-29-11-2-5-17-37(29)44-40(28)31/h1-24H. The zero-order chi connectivity index (χ0) is 29.5. The average molecular weight is 609 g/mol. The van der Waals surface area contributed by atoms with Gasteiger partial charge in [0.15, 0.2) is 0 Å². The van der Waals surface area contributed by atoms with Gasteiger partial charge < -0.3 is 4.57 Å². The van der Waals surface area contributed by atoms with Crippen LogP contribution in [0.5, 0.6) is 0 Å². The van der Waals surface area contributed by atoms with Gasteiger partial charge in [-0.25, -0.2) is 0 Å². The summed E-state index contributed by atoms with van der Waals surface area (Å²) in [5.41, 5.74) is 8.10. The number of fused-ring (bicyclic) bond motifs is 10. The second-order valence-corrected chi connectivity index (χ2v) is 13.7. The van der Waals surface area contributed by atoms with Crippen LogP contribution in [0.4, 0.5) is 0 Å². The van der Waals surface area contributed by atoms with Gasteiger partial charge in [-0.3, -0.25) is 4.98 Å². The minimum atomic E-state index is 0.972. The number of thiophene rings is 2. The summed E-state index contributed by atoms with van der Waals surface area (Å²) >= 11 is 3.76. The van der Waals surface area contributed by atoms with Crippen molar-refractivity contribution in [1.29, 1.82) is 0 Å². The van der Waals surface area contributed by atoms with Crippen LogP contribution in [-0.2, 0) is 0 Å². The number of para-hydroxylation sites is 1. The van der Waals surface area contributed by atoms with Crippen LogP contribution in [0.15, 0.2) is 146 Å². The van der Waals surface area contributed by atoms with E-state index < -0.39 is 0 Å². The first kappa shape index (κ1) is 25.1. The zero-order valence-electron chi connectivity index (χ0n) is 24.1. The van der Waals surface area contributed by atoms with E-state index in [1.807, 2.05) is 28.9 Å². The predicted molar refractivity (Wildman–Crippen MR) is 195 cm³/mol. The molecule has 0 unspecified atom stereocenters. The van der Waals surface area contributed by atoms with Crippen LogP contribution in [0.3, 0.4) is 0 Å². The Labute approximate surface area is 267 Å². The Morgan fingerprint density at radius 1 is 0.467 bits per heavy atom. The average Bonchev–Trinajstić information content (AvgIpc) is 3.78. The highest BCUT2D eigenvalue weighted by atomic mass is 32.1. The summed E-state index contributed by atoms with van der Waals surface area (Å²) in [6, 6.07) is 50.7. The third-order valence-electron chi connectivity index (χ3n) is 9.06. The molecule has 0 fully saturated rings. The fourth-order valence-electron chi connectivity index (χ4n) is 7.05. The molecule has 4 heteroatoms. The minimum absolute atomic E-state index is 0.972. The van der Waals surface area contributed by atoms with Crippen molar-refractivity contribution < 1.29 is 0 Å². The van der Waals surface area contributed by atoms with E-state index in [4.69, 9.17) is 4.98 Å². The van der Waals surface area contributed by atoms with Gasteiger partial charge in [0, 0.05) is 68.6 Å². The number of aromatic nitrogens is 2. The predicted octanol–water partition coefficient (Wildman–Crippen LogP) is 12.2. The van der Waals surface area contributed by atoms with E-state index in [-0.39, 0.29) is 0 Å². The lowest BCUT2D eigenvalue weighted by Gasteiger charge is -2.11. The molecule has 4 aromatic heterocycles. The molecule has 0 bridgehead atoms. The van der Waals surface area contributed by atoms with Gasteiger partial charge in [-0.1, -0.05) is 91.0 Å². The van der Waals surface area contributed by atoms with E-state index in [1.165, 1.54) is 73.3 Å². The molecule has 0 N–H and O–H groups in total. The van der Waals surface area contributed by atoms with E-state index in [0.717, 1.165) is 16.9 Å². The summed E-state index contributed by atoms with van der Waals surface area (Å²) in [4.78, 5) is 4.87. The summed E-state index contributed by atoms with van der Waals surface area (Å²) in [7, 11) is 0. The largest absolute Gasteiger partial charge is 0.309 e. The monoisotopic (exact) mass is 608 g/mol. The second-order valence-electron chi connectivity index (χ2n) is 11.5. The fraction of sp³-hybridized carbons (Fsp3) is 0. The smallest absolute Gasteiger partial charge is 0.0708 e. The molecule has 0 spiro atoms. The quantitative estimate of drug-likeness (QED) is 0.195. The molecular formula is C41H24N2S2. The van der Waals surface area contributed by atoms with Gasteiger partial charge in [0.25, 0.3) is 0 Å². The molecule has 0 saturated heterocycles. The van der Waals surface area contributed by atoms with Gasteiger partial charge in [0.05, 0.1) is 16.7 Å². The van der Waals surface area contributed by atoms with Gasteiger partial charge in [-0.2, -0.15) is 0 Å². The van der Waals surface area contributed by atoms with Gasteiger partial charge in [-0.15, -0.1) is 22.7 Å². The van der Waals surface area contributed by atoms with Gasteiger partial charge >= 0.3 is 0 Å². The van der Waals surface area contributed by atoms with E-state index in [2.05, 4.69) is 144 Å². The third-order valence-corrected chi connectivity index (χ3v) is 11.5. The van der Waals surface area contributed by atoms with Gasteiger partial charge in [0.2, 0.25) is 0 Å². The Morgan fingerprint density at radius 3 is 2.00 bits per heavy atom. The van der Waals surface area contributed by atoms with Crippen molar-refractivity contribution in [3.8, 4) is 28.1 Å². The Balaban J connectivity index is 1.15. The topological polar surface area (TPSA) is 17.8 Å². The highest BCUT2D eigenvalue weighted by Gasteiger charge is 2.18. The lowest BCUT2D eigenvalue weighted by Crippen LogP contribution is -1.95. The lowest BCUT2D eigenvalue weighted by molar-refractivity contribution is 1.18. The molecule has 0 aliphatic heterocycles. The maximum absolute atomic E-state index is 4.87. The molecule has 0 amide bonds. The van der Waals surface area contributed by atoms with E-state index in [9.17, 15) is 0 Å². The highest BCUT2D eigenvalue weighted by molar-refractivity contribution is 7.27. The van der Waals surface area contributed by atoms with Crippen molar-refractivity contribution in [1.82, 2.24) is 9.55 Å². The highest BCUT2D eigenvalue weighted by Crippen LogP contribution is 2.44. The van der Waals surface area contributed by atoms with Crippen LogP contribution < -0.4 is 0 Å². The Morgan fingerprint density at radius 2 is 1.16 bits per heavy atom. The first-order valence-electron chi connectivity index (χ1n) is 15.1. The van der Waals surface area contributed by atoms with Crippen molar-refractivity contribution in [2.45, 2.75) is 0 Å². The van der Waals surface area contributed by atoms with Crippen LogP contribution >= 0.6 is 22.7 Å². The Hall–Kier alpha value is -5.29. The second kappa shape index (κ2) is 9.60. The van der Waals surface area contributed by atoms with Crippen molar-refractivity contribution in [2.24, 2.45) is 0 Å². The molecule has 210 valence electrons. The first-order chi connectivity index (χ1) is 22.3. The molecule has 0 atom stereocenters. The Kier molecular flexibility index (Phi) is 5.35. The van der Waals surface area contributed by atoms with Crippen LogP contribution in [0, 0.1) is 0 Å². The van der Waals surface area contributed by atoms with Gasteiger partial charge in [-0.05, 0) is 59.7 Å². The van der Waals surface area contributed by atoms with Gasteiger partial charge in [0.1, 0.15) is 0 Å². The van der Waals surface area contributed by atoms with Crippen molar-refractivity contribution >= 4 is 84.8 Å². The molecule has 2 nitrogen and oxygen atoms in total. The van der Waals surface area contributed by atoms with Crippen molar-refractivity contribution in [3.05, 3.63) is 146 Å². The molecule has 6 aromatic carbocycles. The number of rotatable bonds is 3. The van der Waals surface area contributed by atoms with Crippen molar-refractivity contribution in [3.63, 3.8) is 0 Å². The normalized spacial score (nSPS) is 12.0. The van der Waals surface area contributed by atoms with Crippen LogP contribution in [0.2, 0.25) is 0 Å². The first-order valence-corrected chi connectivity index (χ1v) is 16.8. The molecule has 45 heavy (non-hydrogen) atoms. The number of nitrogens with zero attached hydrogens (tertiary/aromatic N) is 2. The lowest BCUT2D eigenvalue weighted by atomic mass is 10.0. The van der Waals surface area contributed by atoms with Crippen LogP contribution in [0.1, 0.15) is 0 Å². The van der Waals surface area contributed by atoms with Crippen LogP contribution in [0.25, 0.3) is 90.2 Å². The van der Waals surface area contributed by atoms with Crippen LogP contribution in [-0.4, -0.2) is 9.55 Å². The maximum atomic E-state index is 4.87. The number of hydrogen-bond acceptors (Lipinski definition) is 3. The van der Waals surface area contributed by atoms with E-state index >= 15 is 0 Å². The molecular weight excluding hydrogens is 585 g/mol. The molecule has 10 aromatic rings. The SMILES string of the molecule is c1cc(-c2cc(-c3cccc4c3sc3ccccc34)ccn2)cc(-n2c3ccccc3c3c4sc5ccccc5c4ccc32)c1. The fourth-order valence-corrected chi connectivity index (χ4v) is 9.55. The molecule has 10 rings (SSSR count). The summed E-state index contributed by atoms with van der Waals surface area (Å²) < 4.78 is 7.74. The third kappa shape index (κ3) is 3.70. The molecule has 0 radical (unpaired) electrons. The zero-order valence-corrected chi connectivity index (χ0v) is 25.7. The Bertz CT molecular complexity index is 2780. The number of benzene rings is 6. The van der Waals surface area contributed by atoms with Crippen molar-refractivity contribution in [2.75, 3.05) is 0 Å². The summed E-state index contributed by atoms with van der Waals surface area (Å²) in [5, 5.41) is 7.90. The summed E-state index contributed by atoms with van der Waals surface area (Å²) in [5.74, 6) is 0. The van der Waals surface area contributed by atoms with E-state index in [1.54, 1.807) is 0 Å².